The third-order valence-corrected chi connectivity index (χ3v) is 4.70. The molecule has 1 aliphatic carbocycles. The second-order valence-corrected chi connectivity index (χ2v) is 7.09. The highest BCUT2D eigenvalue weighted by Gasteiger charge is 2.23. The van der Waals surface area contributed by atoms with E-state index in [1.807, 2.05) is 6.92 Å². The Morgan fingerprint density at radius 1 is 1.22 bits per heavy atom. The monoisotopic (exact) mass is 446 g/mol. The molecule has 1 aromatic carbocycles. The number of nitrogens with one attached hydrogen (secondary N) is 3. The van der Waals surface area contributed by atoms with E-state index in [-0.39, 0.29) is 49.6 Å². The van der Waals surface area contributed by atoms with E-state index in [2.05, 4.69) is 21.2 Å². The van der Waals surface area contributed by atoms with Gasteiger partial charge in [-0.05, 0) is 30.0 Å². The number of carbonyl (C=O) groups excluding carboxylic acids is 3. The molecule has 172 valence electrons. The number of halogens is 1. The Bertz CT molecular complexity index is 942. The van der Waals surface area contributed by atoms with Crippen molar-refractivity contribution >= 4 is 23.9 Å². The van der Waals surface area contributed by atoms with Gasteiger partial charge >= 0.3 is 0 Å². The maximum absolute atomic E-state index is 13.4. The molecule has 0 saturated carbocycles. The largest absolute Gasteiger partial charge is 0.494 e. The maximum atomic E-state index is 13.4. The SMILES string of the molecule is COc1cc(/C=N/NC(=O)C2=CC=C(C(=O)NCCC(=O)NCCO)CC2C)ccc1F. The summed E-state index contributed by atoms with van der Waals surface area (Å²) in [5.74, 6) is -1.60. The molecule has 0 heterocycles. The van der Waals surface area contributed by atoms with Gasteiger partial charge in [0.15, 0.2) is 11.6 Å². The van der Waals surface area contributed by atoms with Crippen molar-refractivity contribution in [3.05, 3.63) is 52.9 Å². The molecule has 0 bridgehead atoms. The normalized spacial score (nSPS) is 15.6. The van der Waals surface area contributed by atoms with Crippen molar-refractivity contribution in [1.82, 2.24) is 16.1 Å². The van der Waals surface area contributed by atoms with Crippen LogP contribution in [0.5, 0.6) is 5.75 Å². The van der Waals surface area contributed by atoms with Crippen molar-refractivity contribution in [3.8, 4) is 5.75 Å². The number of benzene rings is 1. The van der Waals surface area contributed by atoms with Crippen molar-refractivity contribution in [3.63, 3.8) is 0 Å². The van der Waals surface area contributed by atoms with Crippen molar-refractivity contribution in [2.45, 2.75) is 19.8 Å². The predicted octanol–water partition coefficient (Wildman–Crippen LogP) is 0.792. The summed E-state index contributed by atoms with van der Waals surface area (Å²) in [6, 6.07) is 4.20. The minimum Gasteiger partial charge on any atom is -0.494 e. The lowest BCUT2D eigenvalue weighted by Crippen LogP contribution is -2.33. The number of amides is 3. The van der Waals surface area contributed by atoms with E-state index < -0.39 is 11.7 Å². The van der Waals surface area contributed by atoms with E-state index >= 15 is 0 Å². The zero-order valence-corrected chi connectivity index (χ0v) is 18.0. The van der Waals surface area contributed by atoms with Crippen LogP contribution in [-0.4, -0.2) is 55.8 Å². The Hall–Kier alpha value is -3.53. The van der Waals surface area contributed by atoms with Gasteiger partial charge in [-0.2, -0.15) is 5.10 Å². The molecule has 0 radical (unpaired) electrons. The number of hydrogen-bond acceptors (Lipinski definition) is 6. The number of carbonyl (C=O) groups is 3. The van der Waals surface area contributed by atoms with Gasteiger partial charge in [0, 0.05) is 30.7 Å². The smallest absolute Gasteiger partial charge is 0.267 e. The number of methoxy groups -OCH3 is 1. The lowest BCUT2D eigenvalue weighted by atomic mass is 9.87. The molecule has 9 nitrogen and oxygen atoms in total. The molecule has 2 rings (SSSR count). The van der Waals surface area contributed by atoms with Crippen LogP contribution in [0.2, 0.25) is 0 Å². The molecule has 4 N–H and O–H groups in total. The average molecular weight is 446 g/mol. The fraction of sp³-hybridized carbons (Fsp3) is 0.364. The van der Waals surface area contributed by atoms with E-state index in [1.165, 1.54) is 31.5 Å². The second kappa shape index (κ2) is 12.4. The van der Waals surface area contributed by atoms with Gasteiger partial charge in [-0.1, -0.05) is 25.1 Å². The molecule has 1 unspecified atom stereocenters. The third-order valence-electron chi connectivity index (χ3n) is 4.70. The first-order valence-electron chi connectivity index (χ1n) is 10.1. The van der Waals surface area contributed by atoms with Gasteiger partial charge in [0.1, 0.15) is 0 Å². The number of aliphatic hydroxyl groups is 1. The highest BCUT2D eigenvalue weighted by molar-refractivity contribution is 5.98. The van der Waals surface area contributed by atoms with Crippen LogP contribution in [0.1, 0.15) is 25.3 Å². The number of rotatable bonds is 10. The number of ether oxygens (including phenoxy) is 1. The molecule has 0 fully saturated rings. The Balaban J connectivity index is 1.89. The quantitative estimate of drug-likeness (QED) is 0.312. The molecular weight excluding hydrogens is 419 g/mol. The molecule has 0 spiro atoms. The number of aliphatic hydroxyl groups excluding tert-OH is 1. The molecule has 1 aromatic rings. The van der Waals surface area contributed by atoms with Gasteiger partial charge in [-0.3, -0.25) is 14.4 Å². The Morgan fingerprint density at radius 3 is 2.69 bits per heavy atom. The lowest BCUT2D eigenvalue weighted by molar-refractivity contribution is -0.122. The van der Waals surface area contributed by atoms with Gasteiger partial charge in [0.05, 0.1) is 19.9 Å². The molecular formula is C22H27FN4O5. The van der Waals surface area contributed by atoms with E-state index in [4.69, 9.17) is 9.84 Å². The van der Waals surface area contributed by atoms with Crippen LogP contribution in [0.25, 0.3) is 0 Å². The van der Waals surface area contributed by atoms with Crippen LogP contribution in [0.4, 0.5) is 4.39 Å². The summed E-state index contributed by atoms with van der Waals surface area (Å²) in [6.07, 6.45) is 4.99. The van der Waals surface area contributed by atoms with Crippen LogP contribution < -0.4 is 20.8 Å². The molecule has 10 heteroatoms. The topological polar surface area (TPSA) is 129 Å². The summed E-state index contributed by atoms with van der Waals surface area (Å²) in [4.78, 5) is 36.2. The van der Waals surface area contributed by atoms with E-state index in [0.29, 0.717) is 23.1 Å². The van der Waals surface area contributed by atoms with Crippen LogP contribution in [-0.2, 0) is 14.4 Å². The number of hydrogen-bond donors (Lipinski definition) is 4. The molecule has 0 aliphatic heterocycles. The molecule has 0 saturated heterocycles. The lowest BCUT2D eigenvalue weighted by Gasteiger charge is -2.20. The number of nitrogens with zero attached hydrogens (tertiary/aromatic N) is 1. The first kappa shape index (κ1) is 24.7. The van der Waals surface area contributed by atoms with Crippen molar-refractivity contribution in [1.29, 1.82) is 0 Å². The zero-order valence-electron chi connectivity index (χ0n) is 18.0. The predicted molar refractivity (Wildman–Crippen MR) is 116 cm³/mol. The van der Waals surface area contributed by atoms with Crippen molar-refractivity contribution < 1.29 is 28.6 Å². The van der Waals surface area contributed by atoms with Gasteiger partial charge in [0.2, 0.25) is 11.8 Å². The van der Waals surface area contributed by atoms with Crippen molar-refractivity contribution in [2.24, 2.45) is 11.0 Å². The van der Waals surface area contributed by atoms with Crippen LogP contribution >= 0.6 is 0 Å². The summed E-state index contributed by atoms with van der Waals surface area (Å²) in [6.45, 7) is 2.02. The highest BCUT2D eigenvalue weighted by atomic mass is 19.1. The fourth-order valence-corrected chi connectivity index (χ4v) is 3.00. The number of allylic oxidation sites excluding steroid dienone is 2. The minimum atomic E-state index is -0.494. The van der Waals surface area contributed by atoms with Gasteiger partial charge < -0.3 is 20.5 Å². The summed E-state index contributed by atoms with van der Waals surface area (Å²) in [5, 5.41) is 17.7. The summed E-state index contributed by atoms with van der Waals surface area (Å²) in [5.41, 5.74) is 3.96. The summed E-state index contributed by atoms with van der Waals surface area (Å²) >= 11 is 0. The van der Waals surface area contributed by atoms with E-state index in [0.717, 1.165) is 0 Å². The van der Waals surface area contributed by atoms with Crippen LogP contribution in [0.3, 0.4) is 0 Å². The summed E-state index contributed by atoms with van der Waals surface area (Å²) in [7, 11) is 1.36. The Labute approximate surface area is 185 Å². The van der Waals surface area contributed by atoms with E-state index in [1.54, 1.807) is 12.2 Å². The first-order valence-corrected chi connectivity index (χ1v) is 10.1. The first-order chi connectivity index (χ1) is 15.3. The molecule has 0 aromatic heterocycles. The average Bonchev–Trinajstić information content (AvgIpc) is 2.78. The van der Waals surface area contributed by atoms with Crippen LogP contribution in [0.15, 0.2) is 46.6 Å². The van der Waals surface area contributed by atoms with Crippen LogP contribution in [0, 0.1) is 11.7 Å². The van der Waals surface area contributed by atoms with Crippen molar-refractivity contribution in [2.75, 3.05) is 26.8 Å². The highest BCUT2D eigenvalue weighted by Crippen LogP contribution is 2.25. The van der Waals surface area contributed by atoms with Gasteiger partial charge in [0.25, 0.3) is 5.91 Å². The molecule has 1 aliphatic rings. The molecule has 3 amide bonds. The zero-order chi connectivity index (χ0) is 23.5. The minimum absolute atomic E-state index is 0.0746. The Morgan fingerprint density at radius 2 is 2.00 bits per heavy atom. The van der Waals surface area contributed by atoms with Gasteiger partial charge in [-0.25, -0.2) is 9.82 Å². The number of hydrazone groups is 1. The Kier molecular flexibility index (Phi) is 9.55. The summed E-state index contributed by atoms with van der Waals surface area (Å²) < 4.78 is 18.3. The maximum Gasteiger partial charge on any atom is 0.267 e. The van der Waals surface area contributed by atoms with E-state index in [9.17, 15) is 18.8 Å². The fourth-order valence-electron chi connectivity index (χ4n) is 3.00. The molecule has 32 heavy (non-hydrogen) atoms. The second-order valence-electron chi connectivity index (χ2n) is 7.09. The molecule has 1 atom stereocenters. The third kappa shape index (κ3) is 7.31. The van der Waals surface area contributed by atoms with Gasteiger partial charge in [-0.15, -0.1) is 0 Å². The standard InChI is InChI=1S/C22H27FN4O5/c1-14-11-16(21(30)25-8-7-20(29)24-9-10-28)4-5-17(14)22(31)27-26-13-15-3-6-18(23)19(12-15)32-2/h3-6,12-14,28H,7-11H2,1-2H3,(H,24,29)(H,25,30)(H,27,31)/b26-13+.